The monoisotopic (exact) mass is 306 g/mol. The molecule has 0 amide bonds. The van der Waals surface area contributed by atoms with Crippen LogP contribution in [-0.4, -0.2) is 26.4 Å². The van der Waals surface area contributed by atoms with Crippen molar-refractivity contribution in [3.63, 3.8) is 0 Å². The van der Waals surface area contributed by atoms with Gasteiger partial charge in [-0.1, -0.05) is 6.07 Å². The molecule has 0 saturated heterocycles. The highest BCUT2D eigenvalue weighted by molar-refractivity contribution is 6.14. The minimum atomic E-state index is -1.13. The van der Waals surface area contributed by atoms with Crippen LogP contribution in [0.3, 0.4) is 0 Å². The van der Waals surface area contributed by atoms with Crippen molar-refractivity contribution in [3.8, 4) is 5.69 Å². The minimum Gasteiger partial charge on any atom is -0.478 e. The molecule has 0 bridgehead atoms. The summed E-state index contributed by atoms with van der Waals surface area (Å²) in [6, 6.07) is 9.36. The predicted molar refractivity (Wildman–Crippen MR) is 82.5 cm³/mol. The highest BCUT2D eigenvalue weighted by Crippen LogP contribution is 2.27. The molecule has 1 aromatic heterocycles. The third-order valence-electron chi connectivity index (χ3n) is 3.96. The molecule has 0 aliphatic carbocycles. The summed E-state index contributed by atoms with van der Waals surface area (Å²) in [5.41, 5.74) is 1.61. The highest BCUT2D eigenvalue weighted by Gasteiger charge is 2.31. The summed E-state index contributed by atoms with van der Waals surface area (Å²) in [7, 11) is 0. The first-order valence-electron chi connectivity index (χ1n) is 6.93. The van der Waals surface area contributed by atoms with Crippen LogP contribution in [0.2, 0.25) is 0 Å². The van der Waals surface area contributed by atoms with E-state index in [0.29, 0.717) is 16.6 Å². The Kier molecular flexibility index (Phi) is 2.54. The Morgan fingerprint density at radius 1 is 1.13 bits per heavy atom. The molecule has 2 heterocycles. The molecule has 0 radical (unpaired) electrons. The SMILES string of the molecule is Cc1ccc2c(=O)n3c(nc2c1)C(=O)c1cc(C(=O)O)ccc1-3. The van der Waals surface area contributed by atoms with E-state index in [0.717, 1.165) is 5.56 Å². The molecule has 1 N–H and O–H groups in total. The third-order valence-corrected chi connectivity index (χ3v) is 3.96. The van der Waals surface area contributed by atoms with Crippen LogP contribution in [0.1, 0.15) is 32.1 Å². The maximum atomic E-state index is 12.7. The molecule has 2 aromatic carbocycles. The number of aryl methyl sites for hydroxylation is 1. The van der Waals surface area contributed by atoms with Crippen molar-refractivity contribution in [2.75, 3.05) is 0 Å². The molecule has 0 atom stereocenters. The average Bonchev–Trinajstić information content (AvgIpc) is 2.80. The number of aromatic nitrogens is 2. The molecule has 0 unspecified atom stereocenters. The Morgan fingerprint density at radius 3 is 2.65 bits per heavy atom. The summed E-state index contributed by atoms with van der Waals surface area (Å²) in [5, 5.41) is 9.48. The van der Waals surface area contributed by atoms with E-state index in [1.54, 1.807) is 12.1 Å². The number of carbonyl (C=O) groups excluding carboxylic acids is 1. The number of ketones is 1. The van der Waals surface area contributed by atoms with Gasteiger partial charge in [-0.05, 0) is 42.8 Å². The van der Waals surface area contributed by atoms with Crippen LogP contribution in [0.15, 0.2) is 41.2 Å². The van der Waals surface area contributed by atoms with E-state index in [1.807, 2.05) is 13.0 Å². The summed E-state index contributed by atoms with van der Waals surface area (Å²) < 4.78 is 1.25. The number of aromatic carboxylic acids is 1. The molecule has 6 heteroatoms. The second-order valence-electron chi connectivity index (χ2n) is 5.46. The molecule has 23 heavy (non-hydrogen) atoms. The van der Waals surface area contributed by atoms with E-state index in [1.165, 1.54) is 22.8 Å². The van der Waals surface area contributed by atoms with E-state index in [-0.39, 0.29) is 22.5 Å². The van der Waals surface area contributed by atoms with Crippen molar-refractivity contribution in [3.05, 3.63) is 69.3 Å². The van der Waals surface area contributed by atoms with Crippen LogP contribution >= 0.6 is 0 Å². The lowest BCUT2D eigenvalue weighted by molar-refractivity contribution is 0.0697. The Balaban J connectivity index is 2.09. The summed E-state index contributed by atoms with van der Waals surface area (Å²) in [6.07, 6.45) is 0. The number of carbonyl (C=O) groups is 2. The van der Waals surface area contributed by atoms with E-state index in [2.05, 4.69) is 4.98 Å². The van der Waals surface area contributed by atoms with Crippen molar-refractivity contribution in [1.29, 1.82) is 0 Å². The summed E-state index contributed by atoms with van der Waals surface area (Å²) in [5.74, 6) is -1.55. The van der Waals surface area contributed by atoms with E-state index >= 15 is 0 Å². The van der Waals surface area contributed by atoms with Gasteiger partial charge in [0.2, 0.25) is 5.78 Å². The third kappa shape index (κ3) is 1.75. The van der Waals surface area contributed by atoms with Crippen LogP contribution < -0.4 is 5.56 Å². The van der Waals surface area contributed by atoms with Gasteiger partial charge in [0.05, 0.1) is 27.7 Å². The van der Waals surface area contributed by atoms with Gasteiger partial charge in [0.15, 0.2) is 5.82 Å². The normalized spacial score (nSPS) is 12.3. The molecule has 0 fully saturated rings. The Labute approximate surface area is 129 Å². The Bertz CT molecular complexity index is 1100. The van der Waals surface area contributed by atoms with Gasteiger partial charge in [-0.3, -0.25) is 14.2 Å². The van der Waals surface area contributed by atoms with Gasteiger partial charge in [-0.25, -0.2) is 9.78 Å². The largest absolute Gasteiger partial charge is 0.478 e. The van der Waals surface area contributed by atoms with E-state index < -0.39 is 11.8 Å². The number of benzene rings is 2. The highest BCUT2D eigenvalue weighted by atomic mass is 16.4. The molecule has 0 saturated carbocycles. The lowest BCUT2D eigenvalue weighted by Crippen LogP contribution is -2.21. The van der Waals surface area contributed by atoms with Crippen LogP contribution in [0.5, 0.6) is 0 Å². The maximum absolute atomic E-state index is 12.7. The lowest BCUT2D eigenvalue weighted by Gasteiger charge is -2.06. The molecule has 4 rings (SSSR count). The van der Waals surface area contributed by atoms with E-state index in [9.17, 15) is 14.4 Å². The molecule has 1 aliphatic rings. The average molecular weight is 306 g/mol. The summed E-state index contributed by atoms with van der Waals surface area (Å²) >= 11 is 0. The quantitative estimate of drug-likeness (QED) is 0.580. The molecular formula is C17H10N2O4. The van der Waals surface area contributed by atoms with Crippen molar-refractivity contribution in [2.45, 2.75) is 6.92 Å². The number of carboxylic acid groups (broad SMARTS) is 1. The minimum absolute atomic E-state index is 0.00152. The fourth-order valence-corrected chi connectivity index (χ4v) is 2.84. The number of rotatable bonds is 1. The number of nitrogens with zero attached hydrogens (tertiary/aromatic N) is 2. The zero-order valence-electron chi connectivity index (χ0n) is 12.0. The second-order valence-corrected chi connectivity index (χ2v) is 5.46. The van der Waals surface area contributed by atoms with Gasteiger partial charge >= 0.3 is 5.97 Å². The second kappa shape index (κ2) is 4.36. The molecule has 3 aromatic rings. The molecule has 1 aliphatic heterocycles. The standard InChI is InChI=1S/C17H10N2O4/c1-8-2-4-10-12(6-8)18-15-14(20)11-7-9(17(22)23)3-5-13(11)19(15)16(10)21/h2-7H,1H3,(H,22,23). The van der Waals surface area contributed by atoms with Gasteiger partial charge in [-0.2, -0.15) is 0 Å². The first kappa shape index (κ1) is 13.4. The smallest absolute Gasteiger partial charge is 0.335 e. The van der Waals surface area contributed by atoms with Gasteiger partial charge in [-0.15, -0.1) is 0 Å². The lowest BCUT2D eigenvalue weighted by atomic mass is 10.1. The van der Waals surface area contributed by atoms with Gasteiger partial charge in [0, 0.05) is 0 Å². The molecular weight excluding hydrogens is 296 g/mol. The number of hydrogen-bond acceptors (Lipinski definition) is 4. The van der Waals surface area contributed by atoms with Crippen LogP contribution in [0.25, 0.3) is 16.6 Å². The van der Waals surface area contributed by atoms with Crippen molar-refractivity contribution in [1.82, 2.24) is 9.55 Å². The van der Waals surface area contributed by atoms with Gasteiger partial charge in [0.25, 0.3) is 5.56 Å². The number of fused-ring (bicyclic) bond motifs is 4. The van der Waals surface area contributed by atoms with Gasteiger partial charge < -0.3 is 5.11 Å². The Hall–Kier alpha value is -3.28. The molecule has 6 nitrogen and oxygen atoms in total. The van der Waals surface area contributed by atoms with Crippen molar-refractivity contribution < 1.29 is 14.7 Å². The van der Waals surface area contributed by atoms with Crippen molar-refractivity contribution >= 4 is 22.7 Å². The predicted octanol–water partition coefficient (Wildman–Crippen LogP) is 1.94. The number of carboxylic acids is 1. The van der Waals surface area contributed by atoms with Crippen molar-refractivity contribution in [2.24, 2.45) is 0 Å². The van der Waals surface area contributed by atoms with Crippen LogP contribution in [0, 0.1) is 6.92 Å². The zero-order chi connectivity index (χ0) is 16.3. The van der Waals surface area contributed by atoms with Crippen LogP contribution in [-0.2, 0) is 0 Å². The topological polar surface area (TPSA) is 89.3 Å². The summed E-state index contributed by atoms with van der Waals surface area (Å²) in [4.78, 5) is 40.6. The fourth-order valence-electron chi connectivity index (χ4n) is 2.84. The molecule has 0 spiro atoms. The Morgan fingerprint density at radius 2 is 1.91 bits per heavy atom. The van der Waals surface area contributed by atoms with E-state index in [4.69, 9.17) is 5.11 Å². The maximum Gasteiger partial charge on any atom is 0.335 e. The number of hydrogen-bond donors (Lipinski definition) is 1. The van der Waals surface area contributed by atoms with Crippen LogP contribution in [0.4, 0.5) is 0 Å². The fraction of sp³-hybridized carbons (Fsp3) is 0.0588. The zero-order valence-corrected chi connectivity index (χ0v) is 12.0. The first-order valence-corrected chi connectivity index (χ1v) is 6.93. The summed E-state index contributed by atoms with van der Waals surface area (Å²) in [6.45, 7) is 1.88. The molecule has 112 valence electrons. The van der Waals surface area contributed by atoms with Gasteiger partial charge in [0.1, 0.15) is 0 Å². The first-order chi connectivity index (χ1) is 11.0.